The van der Waals surface area contributed by atoms with Crippen molar-refractivity contribution in [3.8, 4) is 23.0 Å². The molecule has 0 aliphatic heterocycles. The minimum Gasteiger partial charge on any atom is -0.481 e. The normalized spacial score (nSPS) is 15.2. The molecule has 4 rings (SSSR count). The van der Waals surface area contributed by atoms with Crippen molar-refractivity contribution in [2.45, 2.75) is 66.3 Å². The van der Waals surface area contributed by atoms with Crippen LogP contribution in [0, 0.1) is 12.3 Å². The molecular formula is C23H28N4O3. The molecule has 0 fully saturated rings. The number of aliphatic carboxylic acids is 1. The van der Waals surface area contributed by atoms with Gasteiger partial charge in [0, 0.05) is 29.8 Å². The maximum atomic E-state index is 10.8. The second kappa shape index (κ2) is 7.70. The Balaban J connectivity index is 1.63. The van der Waals surface area contributed by atoms with E-state index >= 15 is 0 Å². The number of carboxylic acid groups (broad SMARTS) is 1. The molecule has 0 atom stereocenters. The number of nitrogens with zero attached hydrogens (tertiary/aromatic N) is 4. The third-order valence-electron chi connectivity index (χ3n) is 6.00. The Hall–Kier alpha value is -2.96. The van der Waals surface area contributed by atoms with Gasteiger partial charge in [-0.15, -0.1) is 0 Å². The Morgan fingerprint density at radius 2 is 2.13 bits per heavy atom. The smallest absolute Gasteiger partial charge is 0.303 e. The van der Waals surface area contributed by atoms with Crippen molar-refractivity contribution in [2.75, 3.05) is 0 Å². The van der Waals surface area contributed by atoms with E-state index in [4.69, 9.17) is 14.7 Å². The van der Waals surface area contributed by atoms with Gasteiger partial charge in [0.25, 0.3) is 5.89 Å². The zero-order chi connectivity index (χ0) is 21.5. The summed E-state index contributed by atoms with van der Waals surface area (Å²) in [4.78, 5) is 15.5. The van der Waals surface area contributed by atoms with E-state index in [0.29, 0.717) is 18.1 Å². The molecule has 1 aliphatic carbocycles. The standard InChI is InChI=1S/C23H28N4O3/c1-5-27-18-13-23(3,4)11-10-17(18)20(25-27)22-24-21(26-30-22)16-7-6-15(14(2)12-16)8-9-19(28)29/h6-7,12H,5,8-11,13H2,1-4H3,(H,28,29). The summed E-state index contributed by atoms with van der Waals surface area (Å²) in [6.07, 6.45) is 3.71. The summed E-state index contributed by atoms with van der Waals surface area (Å²) in [5.41, 5.74) is 6.48. The van der Waals surface area contributed by atoms with Gasteiger partial charge in [-0.05, 0) is 62.1 Å². The number of hydrogen-bond donors (Lipinski definition) is 1. The fourth-order valence-corrected chi connectivity index (χ4v) is 4.23. The van der Waals surface area contributed by atoms with Crippen molar-refractivity contribution in [3.63, 3.8) is 0 Å². The highest BCUT2D eigenvalue weighted by molar-refractivity contribution is 5.67. The van der Waals surface area contributed by atoms with E-state index in [1.165, 1.54) is 11.3 Å². The van der Waals surface area contributed by atoms with Crippen molar-refractivity contribution in [2.24, 2.45) is 5.41 Å². The van der Waals surface area contributed by atoms with E-state index in [-0.39, 0.29) is 11.8 Å². The molecule has 7 nitrogen and oxygen atoms in total. The van der Waals surface area contributed by atoms with E-state index in [1.54, 1.807) is 0 Å². The molecule has 2 aromatic heterocycles. The molecule has 0 saturated carbocycles. The zero-order valence-electron chi connectivity index (χ0n) is 18.0. The first-order chi connectivity index (χ1) is 14.3. The Bertz CT molecular complexity index is 1090. The third kappa shape index (κ3) is 3.88. The van der Waals surface area contributed by atoms with E-state index in [2.05, 4.69) is 35.6 Å². The van der Waals surface area contributed by atoms with Gasteiger partial charge in [0.05, 0.1) is 0 Å². The Kier molecular flexibility index (Phi) is 5.22. The predicted octanol–water partition coefficient (Wildman–Crippen LogP) is 4.46. The van der Waals surface area contributed by atoms with Gasteiger partial charge < -0.3 is 9.63 Å². The van der Waals surface area contributed by atoms with Crippen molar-refractivity contribution in [1.29, 1.82) is 0 Å². The van der Waals surface area contributed by atoms with Gasteiger partial charge in [-0.3, -0.25) is 9.48 Å². The highest BCUT2D eigenvalue weighted by atomic mass is 16.5. The summed E-state index contributed by atoms with van der Waals surface area (Å²) < 4.78 is 7.68. The van der Waals surface area contributed by atoms with Crippen molar-refractivity contribution < 1.29 is 14.4 Å². The maximum absolute atomic E-state index is 10.8. The van der Waals surface area contributed by atoms with Crippen LogP contribution in [0.4, 0.5) is 0 Å². The van der Waals surface area contributed by atoms with Crippen LogP contribution in [-0.4, -0.2) is 31.0 Å². The highest BCUT2D eigenvalue weighted by Crippen LogP contribution is 2.39. The topological polar surface area (TPSA) is 94.0 Å². The molecule has 0 saturated heterocycles. The van der Waals surface area contributed by atoms with Crippen molar-refractivity contribution in [1.82, 2.24) is 19.9 Å². The lowest BCUT2D eigenvalue weighted by molar-refractivity contribution is -0.136. The van der Waals surface area contributed by atoms with Gasteiger partial charge in [-0.25, -0.2) is 0 Å². The summed E-state index contributed by atoms with van der Waals surface area (Å²) in [5.74, 6) is 0.189. The molecule has 7 heteroatoms. The van der Waals surface area contributed by atoms with Gasteiger partial charge in [-0.2, -0.15) is 10.1 Å². The molecule has 0 spiro atoms. The monoisotopic (exact) mass is 408 g/mol. The number of hydrogen-bond acceptors (Lipinski definition) is 5. The molecule has 0 unspecified atom stereocenters. The first-order valence-corrected chi connectivity index (χ1v) is 10.5. The third-order valence-corrected chi connectivity index (χ3v) is 6.00. The van der Waals surface area contributed by atoms with E-state index in [0.717, 1.165) is 48.2 Å². The molecule has 30 heavy (non-hydrogen) atoms. The maximum Gasteiger partial charge on any atom is 0.303 e. The van der Waals surface area contributed by atoms with Crippen LogP contribution in [0.2, 0.25) is 0 Å². The van der Waals surface area contributed by atoms with Crippen LogP contribution in [0.25, 0.3) is 23.0 Å². The average molecular weight is 409 g/mol. The van der Waals surface area contributed by atoms with Gasteiger partial charge in [0.1, 0.15) is 0 Å². The molecular weight excluding hydrogens is 380 g/mol. The first kappa shape index (κ1) is 20.3. The van der Waals surface area contributed by atoms with Crippen molar-refractivity contribution in [3.05, 3.63) is 40.6 Å². The lowest BCUT2D eigenvalue weighted by Gasteiger charge is -2.30. The Morgan fingerprint density at radius 3 is 2.83 bits per heavy atom. The lowest BCUT2D eigenvalue weighted by atomic mass is 9.76. The van der Waals surface area contributed by atoms with Gasteiger partial charge in [0.2, 0.25) is 5.82 Å². The van der Waals surface area contributed by atoms with Crippen LogP contribution in [0.3, 0.4) is 0 Å². The molecule has 0 amide bonds. The summed E-state index contributed by atoms with van der Waals surface area (Å²) in [7, 11) is 0. The number of rotatable bonds is 6. The molecule has 0 bridgehead atoms. The Morgan fingerprint density at radius 1 is 1.33 bits per heavy atom. The van der Waals surface area contributed by atoms with Crippen LogP contribution >= 0.6 is 0 Å². The summed E-state index contributed by atoms with van der Waals surface area (Å²) in [5, 5.41) is 17.9. The molecule has 1 aromatic carbocycles. The van der Waals surface area contributed by atoms with Crippen LogP contribution in [0.1, 0.15) is 56.0 Å². The molecule has 0 radical (unpaired) electrons. The number of benzene rings is 1. The average Bonchev–Trinajstić information content (AvgIpc) is 3.30. The minimum absolute atomic E-state index is 0.120. The molecule has 2 heterocycles. The summed E-state index contributed by atoms with van der Waals surface area (Å²) in [6.45, 7) is 9.50. The second-order valence-corrected chi connectivity index (χ2v) is 8.89. The van der Waals surface area contributed by atoms with E-state index in [1.807, 2.05) is 25.1 Å². The van der Waals surface area contributed by atoms with Crippen LogP contribution < -0.4 is 0 Å². The van der Waals surface area contributed by atoms with Gasteiger partial charge in [0.15, 0.2) is 5.69 Å². The fourth-order valence-electron chi connectivity index (χ4n) is 4.23. The summed E-state index contributed by atoms with van der Waals surface area (Å²) in [6, 6.07) is 5.84. The van der Waals surface area contributed by atoms with E-state index < -0.39 is 5.97 Å². The highest BCUT2D eigenvalue weighted by Gasteiger charge is 2.32. The fraction of sp³-hybridized carbons (Fsp3) is 0.478. The van der Waals surface area contributed by atoms with Gasteiger partial charge >= 0.3 is 5.97 Å². The van der Waals surface area contributed by atoms with Crippen molar-refractivity contribution >= 4 is 5.97 Å². The molecule has 3 aromatic rings. The van der Waals surface area contributed by atoms with Crippen LogP contribution in [-0.2, 0) is 30.6 Å². The second-order valence-electron chi connectivity index (χ2n) is 8.89. The van der Waals surface area contributed by atoms with E-state index in [9.17, 15) is 4.79 Å². The quantitative estimate of drug-likeness (QED) is 0.647. The number of carbonyl (C=O) groups is 1. The minimum atomic E-state index is -0.792. The molecule has 1 aliphatic rings. The lowest BCUT2D eigenvalue weighted by Crippen LogP contribution is -2.24. The Labute approximate surface area is 176 Å². The van der Waals surface area contributed by atoms with Crippen LogP contribution in [0.5, 0.6) is 0 Å². The van der Waals surface area contributed by atoms with Gasteiger partial charge in [-0.1, -0.05) is 31.1 Å². The number of fused-ring (bicyclic) bond motifs is 1. The SMILES string of the molecule is CCn1nc(-c2nc(-c3ccc(CCC(=O)O)c(C)c3)no2)c2c1CC(C)(C)CC2. The first-order valence-electron chi connectivity index (χ1n) is 10.5. The summed E-state index contributed by atoms with van der Waals surface area (Å²) >= 11 is 0. The number of aromatic nitrogens is 4. The number of carboxylic acids is 1. The molecule has 1 N–H and O–H groups in total. The van der Waals surface area contributed by atoms with Crippen LogP contribution in [0.15, 0.2) is 22.7 Å². The zero-order valence-corrected chi connectivity index (χ0v) is 18.0. The predicted molar refractivity (Wildman–Crippen MR) is 113 cm³/mol. The largest absolute Gasteiger partial charge is 0.481 e. The number of aryl methyl sites for hydroxylation is 3. The molecule has 158 valence electrons.